The van der Waals surface area contributed by atoms with E-state index in [1.807, 2.05) is 24.3 Å². The molecule has 1 aromatic heterocycles. The molecule has 4 nitrogen and oxygen atoms in total. The molecule has 0 amide bonds. The standard InChI is InChI=1S/C16H17ClN2O2S/c17-14-3-1-13(2-4-14)12-21-18-11-15-5-6-16(22-15)19-7-9-20-10-8-19/h1-6,11H,7-10,12H2/b18-11+. The lowest BCUT2D eigenvalue weighted by Crippen LogP contribution is -2.35. The van der Waals surface area contributed by atoms with Crippen molar-refractivity contribution in [3.8, 4) is 0 Å². The second-order valence-electron chi connectivity index (χ2n) is 4.91. The van der Waals surface area contributed by atoms with Crippen LogP contribution in [0.2, 0.25) is 5.02 Å². The fourth-order valence-electron chi connectivity index (χ4n) is 2.15. The Morgan fingerprint density at radius 3 is 2.73 bits per heavy atom. The average molecular weight is 337 g/mol. The van der Waals surface area contributed by atoms with Crippen molar-refractivity contribution in [1.82, 2.24) is 0 Å². The van der Waals surface area contributed by atoms with E-state index >= 15 is 0 Å². The molecule has 1 fully saturated rings. The van der Waals surface area contributed by atoms with Crippen LogP contribution in [-0.4, -0.2) is 32.5 Å². The van der Waals surface area contributed by atoms with Crippen LogP contribution in [0, 0.1) is 0 Å². The Labute approximate surface area is 138 Å². The lowest BCUT2D eigenvalue weighted by atomic mass is 10.2. The number of morpholine rings is 1. The van der Waals surface area contributed by atoms with Gasteiger partial charge in [0.15, 0.2) is 0 Å². The highest BCUT2D eigenvalue weighted by molar-refractivity contribution is 7.17. The quantitative estimate of drug-likeness (QED) is 0.615. The Morgan fingerprint density at radius 2 is 1.95 bits per heavy atom. The van der Waals surface area contributed by atoms with Crippen LogP contribution < -0.4 is 4.90 Å². The molecule has 1 aromatic carbocycles. The van der Waals surface area contributed by atoms with Gasteiger partial charge in [-0.3, -0.25) is 0 Å². The zero-order valence-electron chi connectivity index (χ0n) is 12.1. The predicted molar refractivity (Wildman–Crippen MR) is 91.2 cm³/mol. The zero-order valence-corrected chi connectivity index (χ0v) is 13.6. The summed E-state index contributed by atoms with van der Waals surface area (Å²) in [6.45, 7) is 3.93. The Balaban J connectivity index is 1.50. The lowest BCUT2D eigenvalue weighted by Gasteiger charge is -2.27. The smallest absolute Gasteiger partial charge is 0.142 e. The Morgan fingerprint density at radius 1 is 1.18 bits per heavy atom. The second kappa shape index (κ2) is 7.63. The summed E-state index contributed by atoms with van der Waals surface area (Å²) in [5.74, 6) is 0. The van der Waals surface area contributed by atoms with Crippen LogP contribution in [0.25, 0.3) is 0 Å². The van der Waals surface area contributed by atoms with Crippen LogP contribution in [0.4, 0.5) is 5.00 Å². The van der Waals surface area contributed by atoms with Crippen molar-refractivity contribution in [2.45, 2.75) is 6.61 Å². The fourth-order valence-corrected chi connectivity index (χ4v) is 3.19. The maximum atomic E-state index is 5.84. The molecular weight excluding hydrogens is 320 g/mol. The minimum absolute atomic E-state index is 0.440. The van der Waals surface area contributed by atoms with Crippen LogP contribution in [0.1, 0.15) is 10.4 Å². The largest absolute Gasteiger partial charge is 0.391 e. The van der Waals surface area contributed by atoms with Crippen LogP contribution in [0.5, 0.6) is 0 Å². The normalized spacial score (nSPS) is 15.4. The van der Waals surface area contributed by atoms with Gasteiger partial charge in [-0.2, -0.15) is 0 Å². The van der Waals surface area contributed by atoms with Gasteiger partial charge in [0.05, 0.1) is 29.3 Å². The first-order valence-corrected chi connectivity index (χ1v) is 8.33. The molecular formula is C16H17ClN2O2S. The number of thiophene rings is 1. The summed E-state index contributed by atoms with van der Waals surface area (Å²) in [6, 6.07) is 11.7. The Kier molecular flexibility index (Phi) is 5.32. The molecule has 0 atom stereocenters. The van der Waals surface area contributed by atoms with Gasteiger partial charge in [0.25, 0.3) is 0 Å². The lowest BCUT2D eigenvalue weighted by molar-refractivity contribution is 0.123. The maximum absolute atomic E-state index is 5.84. The minimum atomic E-state index is 0.440. The molecule has 0 saturated carbocycles. The zero-order chi connectivity index (χ0) is 15.2. The van der Waals surface area contributed by atoms with Crippen molar-refractivity contribution in [2.75, 3.05) is 31.2 Å². The van der Waals surface area contributed by atoms with E-state index in [1.165, 1.54) is 5.00 Å². The van der Waals surface area contributed by atoms with Gasteiger partial charge in [0, 0.05) is 18.1 Å². The van der Waals surface area contributed by atoms with Crippen molar-refractivity contribution in [3.63, 3.8) is 0 Å². The first-order chi connectivity index (χ1) is 10.8. The summed E-state index contributed by atoms with van der Waals surface area (Å²) >= 11 is 7.55. The summed E-state index contributed by atoms with van der Waals surface area (Å²) in [4.78, 5) is 8.73. The molecule has 0 radical (unpaired) electrons. The van der Waals surface area contributed by atoms with Gasteiger partial charge in [0.1, 0.15) is 6.61 Å². The molecule has 2 aromatic rings. The van der Waals surface area contributed by atoms with Gasteiger partial charge in [-0.1, -0.05) is 28.9 Å². The molecule has 2 heterocycles. The van der Waals surface area contributed by atoms with Gasteiger partial charge >= 0.3 is 0 Å². The minimum Gasteiger partial charge on any atom is -0.391 e. The fraction of sp³-hybridized carbons (Fsp3) is 0.312. The number of ether oxygens (including phenoxy) is 1. The number of hydrogen-bond donors (Lipinski definition) is 0. The van der Waals surface area contributed by atoms with E-state index in [0.717, 1.165) is 41.8 Å². The number of oxime groups is 1. The number of nitrogens with zero attached hydrogens (tertiary/aromatic N) is 2. The highest BCUT2D eigenvalue weighted by Gasteiger charge is 2.12. The van der Waals surface area contributed by atoms with E-state index in [0.29, 0.717) is 6.61 Å². The number of halogens is 1. The van der Waals surface area contributed by atoms with Gasteiger partial charge in [-0.25, -0.2) is 0 Å². The van der Waals surface area contributed by atoms with Gasteiger partial charge in [-0.15, -0.1) is 11.3 Å². The van der Waals surface area contributed by atoms with Crippen molar-refractivity contribution in [2.24, 2.45) is 5.16 Å². The number of hydrogen-bond acceptors (Lipinski definition) is 5. The molecule has 0 N–H and O–H groups in total. The van der Waals surface area contributed by atoms with Crippen molar-refractivity contribution < 1.29 is 9.57 Å². The van der Waals surface area contributed by atoms with Crippen molar-refractivity contribution in [3.05, 3.63) is 51.9 Å². The van der Waals surface area contributed by atoms with Gasteiger partial charge < -0.3 is 14.5 Å². The third-order valence-electron chi connectivity index (χ3n) is 3.33. The molecule has 1 saturated heterocycles. The summed E-state index contributed by atoms with van der Waals surface area (Å²) < 4.78 is 5.37. The monoisotopic (exact) mass is 336 g/mol. The molecule has 0 aliphatic carbocycles. The first kappa shape index (κ1) is 15.3. The molecule has 1 aliphatic heterocycles. The number of benzene rings is 1. The van der Waals surface area contributed by atoms with E-state index in [-0.39, 0.29) is 0 Å². The molecule has 6 heteroatoms. The molecule has 0 bridgehead atoms. The first-order valence-electron chi connectivity index (χ1n) is 7.13. The molecule has 3 rings (SSSR count). The Hall–Kier alpha value is -1.56. The summed E-state index contributed by atoms with van der Waals surface area (Å²) in [7, 11) is 0. The molecule has 22 heavy (non-hydrogen) atoms. The SMILES string of the molecule is Clc1ccc(CO/N=C/c2ccc(N3CCOCC3)s2)cc1. The molecule has 1 aliphatic rings. The van der Waals surface area contributed by atoms with Crippen molar-refractivity contribution in [1.29, 1.82) is 0 Å². The Bertz CT molecular complexity index is 621. The van der Waals surface area contributed by atoms with E-state index < -0.39 is 0 Å². The van der Waals surface area contributed by atoms with E-state index in [1.54, 1.807) is 17.6 Å². The van der Waals surface area contributed by atoms with E-state index in [2.05, 4.69) is 22.2 Å². The topological polar surface area (TPSA) is 34.1 Å². The molecule has 0 spiro atoms. The third-order valence-corrected chi connectivity index (χ3v) is 4.67. The summed E-state index contributed by atoms with van der Waals surface area (Å²) in [5.41, 5.74) is 1.04. The number of rotatable bonds is 5. The van der Waals surface area contributed by atoms with E-state index in [4.69, 9.17) is 21.2 Å². The molecule has 116 valence electrons. The van der Waals surface area contributed by atoms with Crippen LogP contribution >= 0.6 is 22.9 Å². The van der Waals surface area contributed by atoms with Gasteiger partial charge in [-0.05, 0) is 29.8 Å². The van der Waals surface area contributed by atoms with E-state index in [9.17, 15) is 0 Å². The van der Waals surface area contributed by atoms with Gasteiger partial charge in [0.2, 0.25) is 0 Å². The highest BCUT2D eigenvalue weighted by atomic mass is 35.5. The number of anilines is 1. The third kappa shape index (κ3) is 4.22. The highest BCUT2D eigenvalue weighted by Crippen LogP contribution is 2.25. The summed E-state index contributed by atoms with van der Waals surface area (Å²) in [6.07, 6.45) is 1.75. The van der Waals surface area contributed by atoms with Crippen molar-refractivity contribution >= 4 is 34.2 Å². The maximum Gasteiger partial charge on any atom is 0.142 e. The van der Waals surface area contributed by atoms with Crippen LogP contribution in [0.15, 0.2) is 41.6 Å². The predicted octanol–water partition coefficient (Wildman–Crippen LogP) is 3.79. The molecule has 0 unspecified atom stereocenters. The van der Waals surface area contributed by atoms with Crippen LogP contribution in [0.3, 0.4) is 0 Å². The second-order valence-corrected chi connectivity index (χ2v) is 6.44. The average Bonchev–Trinajstić information content (AvgIpc) is 3.03. The van der Waals surface area contributed by atoms with Crippen LogP contribution in [-0.2, 0) is 16.2 Å². The summed E-state index contributed by atoms with van der Waals surface area (Å²) in [5, 5.41) is 6.00.